The molecule has 2 heterocycles. The number of anilines is 1. The zero-order chi connectivity index (χ0) is 10.8. The van der Waals surface area contributed by atoms with Crippen LogP contribution < -0.4 is 4.90 Å². The maximum Gasteiger partial charge on any atom is 0.208 e. The second kappa shape index (κ2) is 4.40. The molecule has 0 aromatic carbocycles. The van der Waals surface area contributed by atoms with Gasteiger partial charge in [-0.2, -0.15) is 0 Å². The van der Waals surface area contributed by atoms with Crippen LogP contribution in [0.3, 0.4) is 0 Å². The van der Waals surface area contributed by atoms with Crippen molar-refractivity contribution in [1.82, 2.24) is 15.2 Å². The molecule has 15 heavy (non-hydrogen) atoms. The van der Waals surface area contributed by atoms with Crippen LogP contribution >= 0.6 is 33.9 Å². The van der Waals surface area contributed by atoms with Crippen molar-refractivity contribution in [3.8, 4) is 10.6 Å². The molecule has 2 aromatic heterocycles. The van der Waals surface area contributed by atoms with Gasteiger partial charge < -0.3 is 4.90 Å². The van der Waals surface area contributed by atoms with E-state index in [2.05, 4.69) is 37.8 Å². The van der Waals surface area contributed by atoms with Gasteiger partial charge in [0.25, 0.3) is 0 Å². The molecule has 4 nitrogen and oxygen atoms in total. The highest BCUT2D eigenvalue weighted by Gasteiger charge is 2.07. The molecular weight excluding hydrogens is 323 g/mol. The van der Waals surface area contributed by atoms with E-state index in [4.69, 9.17) is 0 Å². The van der Waals surface area contributed by atoms with Gasteiger partial charge in [-0.05, 0) is 34.7 Å². The Morgan fingerprint density at radius 2 is 2.07 bits per heavy atom. The smallest absolute Gasteiger partial charge is 0.208 e. The van der Waals surface area contributed by atoms with E-state index in [1.165, 1.54) is 0 Å². The second-order valence-electron chi connectivity index (χ2n) is 3.15. The van der Waals surface area contributed by atoms with Crippen LogP contribution in [-0.4, -0.2) is 29.3 Å². The molecule has 0 saturated carbocycles. The van der Waals surface area contributed by atoms with Crippen LogP contribution in [-0.2, 0) is 0 Å². The third-order valence-corrected chi connectivity index (χ3v) is 3.55. The fourth-order valence-corrected chi connectivity index (χ4v) is 2.09. The molecule has 0 fully saturated rings. The van der Waals surface area contributed by atoms with Gasteiger partial charge in [-0.25, -0.2) is 4.98 Å². The Hall–Kier alpha value is -0.760. The average molecular weight is 332 g/mol. The van der Waals surface area contributed by atoms with E-state index < -0.39 is 0 Å². The quantitative estimate of drug-likeness (QED) is 0.625. The normalized spacial score (nSPS) is 10.3. The maximum absolute atomic E-state index is 4.22. The number of aromatic nitrogens is 3. The summed E-state index contributed by atoms with van der Waals surface area (Å²) in [5.74, 6) is 0. The Bertz CT molecular complexity index is 451. The third kappa shape index (κ3) is 2.43. The Balaban J connectivity index is 2.33. The zero-order valence-corrected chi connectivity index (χ0v) is 11.3. The van der Waals surface area contributed by atoms with E-state index in [0.717, 1.165) is 19.4 Å². The van der Waals surface area contributed by atoms with E-state index in [0.29, 0.717) is 0 Å². The first-order valence-corrected chi connectivity index (χ1v) is 6.19. The number of nitrogens with zero attached hydrogens (tertiary/aromatic N) is 4. The molecular formula is C9H9IN4S. The molecule has 0 aliphatic heterocycles. The van der Waals surface area contributed by atoms with Crippen LogP contribution in [0.5, 0.6) is 0 Å². The molecule has 0 atom stereocenters. The highest BCUT2D eigenvalue weighted by Crippen LogP contribution is 2.26. The van der Waals surface area contributed by atoms with Gasteiger partial charge in [-0.1, -0.05) is 11.3 Å². The molecule has 0 aliphatic carbocycles. The Morgan fingerprint density at radius 3 is 2.60 bits per heavy atom. The van der Waals surface area contributed by atoms with E-state index in [9.17, 15) is 0 Å². The van der Waals surface area contributed by atoms with Crippen molar-refractivity contribution in [1.29, 1.82) is 0 Å². The van der Waals surface area contributed by atoms with Crippen molar-refractivity contribution in [2.45, 2.75) is 0 Å². The molecule has 6 heteroatoms. The standard InChI is InChI=1S/C9H9IN4S/c1-14(2)9-13-12-8(15-9)6-3-4-7(10)11-5-6/h3-5H,1-2H3. The zero-order valence-electron chi connectivity index (χ0n) is 8.31. The lowest BCUT2D eigenvalue weighted by molar-refractivity contribution is 1.02. The Morgan fingerprint density at radius 1 is 1.27 bits per heavy atom. The van der Waals surface area contributed by atoms with Crippen molar-refractivity contribution in [3.05, 3.63) is 22.0 Å². The van der Waals surface area contributed by atoms with Crippen molar-refractivity contribution in [3.63, 3.8) is 0 Å². The molecule has 78 valence electrons. The van der Waals surface area contributed by atoms with Crippen molar-refractivity contribution < 1.29 is 0 Å². The number of pyridine rings is 1. The molecule has 2 aromatic rings. The van der Waals surface area contributed by atoms with Gasteiger partial charge in [0.1, 0.15) is 3.70 Å². The van der Waals surface area contributed by atoms with E-state index in [-0.39, 0.29) is 0 Å². The summed E-state index contributed by atoms with van der Waals surface area (Å²) in [4.78, 5) is 6.17. The van der Waals surface area contributed by atoms with Crippen molar-refractivity contribution >= 4 is 39.1 Å². The van der Waals surface area contributed by atoms with Crippen LogP contribution in [0.25, 0.3) is 10.6 Å². The third-order valence-electron chi connectivity index (χ3n) is 1.77. The molecule has 0 spiro atoms. The maximum atomic E-state index is 4.22. The molecule has 0 aliphatic rings. The van der Waals surface area contributed by atoms with E-state index >= 15 is 0 Å². The first kappa shape index (κ1) is 10.7. The molecule has 2 rings (SSSR count). The Kier molecular flexibility index (Phi) is 3.15. The average Bonchev–Trinajstić information content (AvgIpc) is 2.68. The molecule has 0 unspecified atom stereocenters. The number of hydrogen-bond donors (Lipinski definition) is 0. The summed E-state index contributed by atoms with van der Waals surface area (Å²) in [7, 11) is 3.91. The predicted molar refractivity (Wildman–Crippen MR) is 70.2 cm³/mol. The molecule has 0 saturated heterocycles. The van der Waals surface area contributed by atoms with Crippen molar-refractivity contribution in [2.24, 2.45) is 0 Å². The lowest BCUT2D eigenvalue weighted by Gasteiger charge is -2.03. The highest BCUT2D eigenvalue weighted by molar-refractivity contribution is 14.1. The fourth-order valence-electron chi connectivity index (χ4n) is 1.02. The largest absolute Gasteiger partial charge is 0.353 e. The summed E-state index contributed by atoms with van der Waals surface area (Å²) in [6.07, 6.45) is 1.82. The molecule has 0 amide bonds. The number of hydrogen-bond acceptors (Lipinski definition) is 5. The minimum atomic E-state index is 0.905. The number of rotatable bonds is 2. The van der Waals surface area contributed by atoms with Gasteiger partial charge in [0, 0.05) is 25.9 Å². The van der Waals surface area contributed by atoms with E-state index in [1.807, 2.05) is 37.3 Å². The van der Waals surface area contributed by atoms with Gasteiger partial charge in [0.2, 0.25) is 5.13 Å². The molecule has 0 bridgehead atoms. The predicted octanol–water partition coefficient (Wildman–Crippen LogP) is 2.27. The van der Waals surface area contributed by atoms with Crippen LogP contribution in [0.2, 0.25) is 0 Å². The molecule has 0 radical (unpaired) electrons. The van der Waals surface area contributed by atoms with Gasteiger partial charge in [-0.15, -0.1) is 10.2 Å². The first-order valence-electron chi connectivity index (χ1n) is 4.29. The fraction of sp³-hybridized carbons (Fsp3) is 0.222. The summed E-state index contributed by atoms with van der Waals surface area (Å²) >= 11 is 3.74. The highest BCUT2D eigenvalue weighted by atomic mass is 127. The van der Waals surface area contributed by atoms with Crippen LogP contribution in [0.4, 0.5) is 5.13 Å². The summed E-state index contributed by atoms with van der Waals surface area (Å²) in [5, 5.41) is 10.0. The Labute approximate surface area is 106 Å². The van der Waals surface area contributed by atoms with Gasteiger partial charge in [0.05, 0.1) is 0 Å². The molecule has 0 N–H and O–H groups in total. The second-order valence-corrected chi connectivity index (χ2v) is 5.22. The minimum absolute atomic E-state index is 0.905. The van der Waals surface area contributed by atoms with Crippen LogP contribution in [0.1, 0.15) is 0 Å². The first-order chi connectivity index (χ1) is 7.16. The topological polar surface area (TPSA) is 41.9 Å². The van der Waals surface area contributed by atoms with Gasteiger partial charge in [0.15, 0.2) is 5.01 Å². The summed E-state index contributed by atoms with van der Waals surface area (Å²) < 4.78 is 0.980. The SMILES string of the molecule is CN(C)c1nnc(-c2ccc(I)nc2)s1. The van der Waals surface area contributed by atoms with Gasteiger partial charge in [-0.3, -0.25) is 0 Å². The lowest BCUT2D eigenvalue weighted by atomic mass is 10.3. The summed E-state index contributed by atoms with van der Waals surface area (Å²) in [6.45, 7) is 0. The lowest BCUT2D eigenvalue weighted by Crippen LogP contribution is -2.07. The van der Waals surface area contributed by atoms with Crippen LogP contribution in [0.15, 0.2) is 18.3 Å². The number of halogens is 1. The summed E-state index contributed by atoms with van der Waals surface area (Å²) in [5.41, 5.74) is 1.01. The summed E-state index contributed by atoms with van der Waals surface area (Å²) in [6, 6.07) is 3.97. The van der Waals surface area contributed by atoms with E-state index in [1.54, 1.807) is 11.3 Å². The van der Waals surface area contributed by atoms with Crippen molar-refractivity contribution in [2.75, 3.05) is 19.0 Å². The van der Waals surface area contributed by atoms with Crippen LogP contribution in [0, 0.1) is 3.70 Å². The minimum Gasteiger partial charge on any atom is -0.353 e. The monoisotopic (exact) mass is 332 g/mol. The van der Waals surface area contributed by atoms with Gasteiger partial charge >= 0.3 is 0 Å².